The quantitative estimate of drug-likeness (QED) is 0.127. The molecule has 9 heteroatoms. The molecule has 0 fully saturated rings. The van der Waals surface area contributed by atoms with Gasteiger partial charge in [0.15, 0.2) is 0 Å². The van der Waals surface area contributed by atoms with Crippen LogP contribution in [0.25, 0.3) is 11.4 Å². The number of carbonyl (C=O) groups excluding carboxylic acids is 1. The number of amides is 1. The number of aryl methyl sites for hydroxylation is 6. The van der Waals surface area contributed by atoms with E-state index in [4.69, 9.17) is 0 Å². The number of anilines is 1. The highest BCUT2D eigenvalue weighted by molar-refractivity contribution is 5.90. The average Bonchev–Trinajstić information content (AvgIpc) is 3.21. The third kappa shape index (κ3) is 5.08. The topological polar surface area (TPSA) is 97.0 Å². The van der Waals surface area contributed by atoms with Crippen molar-refractivity contribution in [3.8, 4) is 11.4 Å². The molecule has 0 saturated heterocycles. The molecule has 0 N–H and O–H groups in total. The lowest BCUT2D eigenvalue weighted by molar-refractivity contribution is -0.581. The van der Waals surface area contributed by atoms with Crippen molar-refractivity contribution in [1.29, 1.82) is 0 Å². The molecule has 0 spiro atoms. The molecule has 38 heavy (non-hydrogen) atoms. The van der Waals surface area contributed by atoms with Crippen LogP contribution in [-0.2, 0) is 4.79 Å². The molecule has 1 heterocycles. The standard InChI is InChI=1S/C29H31N6O3/c1-18-14-20(3)27(21(4)15-18)32-12-13-33(28-22(5)16-19(2)17-23(28)6)29(32)30-31-34(24(7)36)25-8-10-26(11-9-25)35(37)38/h8-17H,1-7H3/q+1. The molecule has 1 amide bonds. The van der Waals surface area contributed by atoms with Crippen LogP contribution < -0.4 is 9.58 Å². The van der Waals surface area contributed by atoms with Crippen molar-refractivity contribution >= 4 is 23.2 Å². The minimum atomic E-state index is -0.488. The Morgan fingerprint density at radius 3 is 1.92 bits per heavy atom. The number of imidazole rings is 1. The number of nitrogens with zero attached hydrogens (tertiary/aromatic N) is 6. The van der Waals surface area contributed by atoms with Crippen LogP contribution in [0.4, 0.5) is 17.3 Å². The van der Waals surface area contributed by atoms with Gasteiger partial charge in [-0.1, -0.05) is 35.4 Å². The van der Waals surface area contributed by atoms with E-state index >= 15 is 0 Å². The van der Waals surface area contributed by atoms with E-state index in [1.165, 1.54) is 31.2 Å². The summed E-state index contributed by atoms with van der Waals surface area (Å²) in [5, 5.41) is 21.1. The summed E-state index contributed by atoms with van der Waals surface area (Å²) in [6, 6.07) is 14.1. The predicted molar refractivity (Wildman–Crippen MR) is 146 cm³/mol. The molecular formula is C29H31N6O3+. The van der Waals surface area contributed by atoms with Gasteiger partial charge in [-0.2, -0.15) is 14.1 Å². The van der Waals surface area contributed by atoms with Crippen LogP contribution in [0, 0.1) is 51.7 Å². The Morgan fingerprint density at radius 1 is 0.895 bits per heavy atom. The molecule has 4 aromatic rings. The molecule has 4 rings (SSSR count). The van der Waals surface area contributed by atoms with Gasteiger partial charge in [-0.25, -0.2) is 0 Å². The third-order valence-corrected chi connectivity index (χ3v) is 6.38. The average molecular weight is 512 g/mol. The van der Waals surface area contributed by atoms with E-state index in [0.29, 0.717) is 11.6 Å². The normalized spacial score (nSPS) is 11.2. The maximum atomic E-state index is 12.5. The lowest BCUT2D eigenvalue weighted by Crippen LogP contribution is -2.32. The van der Waals surface area contributed by atoms with Gasteiger partial charge < -0.3 is 0 Å². The zero-order valence-corrected chi connectivity index (χ0v) is 22.7. The van der Waals surface area contributed by atoms with Crippen LogP contribution in [0.2, 0.25) is 0 Å². The molecular weight excluding hydrogens is 480 g/mol. The highest BCUT2D eigenvalue weighted by Gasteiger charge is 2.26. The molecule has 1 aromatic heterocycles. The Labute approximate surface area is 221 Å². The van der Waals surface area contributed by atoms with Crippen LogP contribution in [0.1, 0.15) is 40.3 Å². The molecule has 0 aliphatic rings. The van der Waals surface area contributed by atoms with Gasteiger partial charge in [0.05, 0.1) is 15.7 Å². The van der Waals surface area contributed by atoms with Crippen LogP contribution >= 0.6 is 0 Å². The van der Waals surface area contributed by atoms with Gasteiger partial charge in [0.2, 0.25) is 5.91 Å². The lowest BCUT2D eigenvalue weighted by atomic mass is 10.0. The molecule has 0 saturated carbocycles. The van der Waals surface area contributed by atoms with E-state index in [2.05, 4.69) is 76.1 Å². The fourth-order valence-corrected chi connectivity index (χ4v) is 5.03. The van der Waals surface area contributed by atoms with Crippen LogP contribution in [0.5, 0.6) is 0 Å². The molecule has 0 aliphatic carbocycles. The number of non-ortho nitro benzene ring substituents is 1. The van der Waals surface area contributed by atoms with Crippen molar-refractivity contribution in [2.24, 2.45) is 10.3 Å². The summed E-state index contributed by atoms with van der Waals surface area (Å²) in [6.45, 7) is 13.7. The van der Waals surface area contributed by atoms with E-state index in [9.17, 15) is 14.9 Å². The number of carbonyl (C=O) groups is 1. The van der Waals surface area contributed by atoms with Gasteiger partial charge in [-0.05, 0) is 75.9 Å². The highest BCUT2D eigenvalue weighted by Crippen LogP contribution is 2.28. The molecule has 0 aliphatic heterocycles. The van der Waals surface area contributed by atoms with Crippen molar-refractivity contribution in [1.82, 2.24) is 4.57 Å². The van der Waals surface area contributed by atoms with Crippen LogP contribution in [0.15, 0.2) is 71.3 Å². The second kappa shape index (κ2) is 10.4. The van der Waals surface area contributed by atoms with Gasteiger partial charge in [-0.3, -0.25) is 14.9 Å². The zero-order chi connectivity index (χ0) is 27.7. The molecule has 0 unspecified atom stereocenters. The van der Waals surface area contributed by atoms with Gasteiger partial charge in [-0.15, -0.1) is 0 Å². The summed E-state index contributed by atoms with van der Waals surface area (Å²) in [6.07, 6.45) is 3.89. The summed E-state index contributed by atoms with van der Waals surface area (Å²) in [5.41, 5.74) is 8.92. The lowest BCUT2D eigenvalue weighted by Gasteiger charge is -2.13. The van der Waals surface area contributed by atoms with Crippen molar-refractivity contribution in [2.75, 3.05) is 5.01 Å². The second-order valence-corrected chi connectivity index (χ2v) is 9.63. The Balaban J connectivity index is 1.92. The maximum Gasteiger partial charge on any atom is 0.433 e. The first-order valence-corrected chi connectivity index (χ1v) is 12.2. The molecule has 0 atom stereocenters. The number of hydrogen-bond acceptors (Lipinski definition) is 5. The summed E-state index contributed by atoms with van der Waals surface area (Å²) < 4.78 is 3.95. The number of hydrogen-bond donors (Lipinski definition) is 0. The Kier molecular flexibility index (Phi) is 7.21. The van der Waals surface area contributed by atoms with Crippen molar-refractivity contribution in [3.63, 3.8) is 0 Å². The van der Waals surface area contributed by atoms with Crippen molar-refractivity contribution < 1.29 is 14.3 Å². The number of nitro benzene ring substituents is 1. The molecule has 0 radical (unpaired) electrons. The fraction of sp³-hybridized carbons (Fsp3) is 0.241. The summed E-state index contributed by atoms with van der Waals surface area (Å²) >= 11 is 0. The van der Waals surface area contributed by atoms with Crippen LogP contribution in [-0.4, -0.2) is 15.4 Å². The first-order chi connectivity index (χ1) is 18.0. The summed E-state index contributed by atoms with van der Waals surface area (Å²) in [4.78, 5) is 23.1. The van der Waals surface area contributed by atoms with E-state index in [1.807, 2.05) is 21.5 Å². The second-order valence-electron chi connectivity index (χ2n) is 9.63. The Bertz CT molecular complexity index is 1460. The number of rotatable bonds is 6. The maximum absolute atomic E-state index is 12.5. The van der Waals surface area contributed by atoms with Gasteiger partial charge in [0.25, 0.3) is 5.69 Å². The minimum Gasteiger partial charge on any atom is -0.273 e. The molecule has 9 nitrogen and oxygen atoms in total. The first-order valence-electron chi connectivity index (χ1n) is 12.2. The Morgan fingerprint density at radius 2 is 1.42 bits per heavy atom. The predicted octanol–water partition coefficient (Wildman–Crippen LogP) is 6.56. The summed E-state index contributed by atoms with van der Waals surface area (Å²) in [7, 11) is 0. The first kappa shape index (κ1) is 26.4. The zero-order valence-electron chi connectivity index (χ0n) is 22.7. The van der Waals surface area contributed by atoms with Gasteiger partial charge >= 0.3 is 5.95 Å². The fourth-order valence-electron chi connectivity index (χ4n) is 5.03. The van der Waals surface area contributed by atoms with Gasteiger partial charge in [0, 0.05) is 24.3 Å². The highest BCUT2D eigenvalue weighted by atomic mass is 16.6. The van der Waals surface area contributed by atoms with E-state index in [-0.39, 0.29) is 11.6 Å². The minimum absolute atomic E-state index is 0.0726. The SMILES string of the molecule is CC(=O)N(N=Nc1n(-c2c(C)cc(C)cc2C)cc[n+]1-c1c(C)cc(C)cc1C)c1ccc([N+](=O)[O-])cc1. The number of benzene rings is 3. The smallest absolute Gasteiger partial charge is 0.273 e. The molecule has 0 bridgehead atoms. The van der Waals surface area contributed by atoms with Crippen molar-refractivity contribution in [3.05, 3.63) is 104 Å². The molecule has 3 aromatic carbocycles. The van der Waals surface area contributed by atoms with E-state index in [0.717, 1.165) is 49.8 Å². The Hall–Kier alpha value is -4.66. The monoisotopic (exact) mass is 511 g/mol. The van der Waals surface area contributed by atoms with Crippen LogP contribution in [0.3, 0.4) is 0 Å². The van der Waals surface area contributed by atoms with Gasteiger partial charge in [0.1, 0.15) is 23.8 Å². The molecule has 194 valence electrons. The third-order valence-electron chi connectivity index (χ3n) is 6.38. The van der Waals surface area contributed by atoms with Crippen molar-refractivity contribution in [2.45, 2.75) is 48.5 Å². The number of nitro groups is 1. The largest absolute Gasteiger partial charge is 0.433 e. The van der Waals surface area contributed by atoms with E-state index in [1.54, 1.807) is 0 Å². The number of aromatic nitrogens is 2. The summed E-state index contributed by atoms with van der Waals surface area (Å²) in [5.74, 6) is 0.126. The van der Waals surface area contributed by atoms with E-state index < -0.39 is 4.92 Å².